The fraction of sp³-hybridized carbons (Fsp3) is 0.333. The molecule has 0 amide bonds. The van der Waals surface area contributed by atoms with E-state index in [4.69, 9.17) is 9.72 Å². The van der Waals surface area contributed by atoms with Crippen molar-refractivity contribution in [3.8, 4) is 28.1 Å². The van der Waals surface area contributed by atoms with Gasteiger partial charge in [-0.15, -0.1) is 0 Å². The van der Waals surface area contributed by atoms with Crippen molar-refractivity contribution in [3.63, 3.8) is 0 Å². The van der Waals surface area contributed by atoms with E-state index in [0.29, 0.717) is 6.61 Å². The second kappa shape index (κ2) is 11.3. The van der Waals surface area contributed by atoms with Gasteiger partial charge in [0.05, 0.1) is 18.1 Å². The summed E-state index contributed by atoms with van der Waals surface area (Å²) < 4.78 is 20.5. The Labute approximate surface area is 209 Å². The van der Waals surface area contributed by atoms with Gasteiger partial charge in [-0.05, 0) is 107 Å². The van der Waals surface area contributed by atoms with E-state index in [1.165, 1.54) is 5.57 Å². The summed E-state index contributed by atoms with van der Waals surface area (Å²) in [6.07, 6.45) is 7.63. The average Bonchev–Trinajstić information content (AvgIpc) is 2.80. The minimum Gasteiger partial charge on any atom is -0.486 e. The lowest BCUT2D eigenvalue weighted by atomic mass is 9.85. The summed E-state index contributed by atoms with van der Waals surface area (Å²) in [6.45, 7) is 17.5. The Morgan fingerprint density at radius 3 is 2.03 bits per heavy atom. The van der Waals surface area contributed by atoms with Crippen molar-refractivity contribution < 1.29 is 9.13 Å². The van der Waals surface area contributed by atoms with E-state index >= 15 is 0 Å². The van der Waals surface area contributed by atoms with Crippen LogP contribution < -0.4 is 10.1 Å². The molecule has 3 rings (SSSR count). The fourth-order valence-electron chi connectivity index (χ4n) is 4.11. The molecule has 0 unspecified atom stereocenters. The zero-order chi connectivity index (χ0) is 25.7. The highest BCUT2D eigenvalue weighted by Gasteiger charge is 2.19. The van der Waals surface area contributed by atoms with E-state index in [2.05, 4.69) is 57.9 Å². The Bertz CT molecular complexity index is 1240. The molecule has 35 heavy (non-hydrogen) atoms. The highest BCUT2D eigenvalue weighted by molar-refractivity contribution is 5.81. The quantitative estimate of drug-likeness (QED) is 0.338. The van der Waals surface area contributed by atoms with Crippen molar-refractivity contribution in [3.05, 3.63) is 82.0 Å². The van der Waals surface area contributed by atoms with Crippen LogP contribution in [0.3, 0.4) is 0 Å². The minimum absolute atomic E-state index is 0.264. The van der Waals surface area contributed by atoms with Crippen LogP contribution in [-0.4, -0.2) is 23.1 Å². The zero-order valence-corrected chi connectivity index (χ0v) is 22.1. The maximum Gasteiger partial charge on any atom is 0.165 e. The lowest BCUT2D eigenvalue weighted by Crippen LogP contribution is -2.04. The minimum atomic E-state index is -0.357. The maximum absolute atomic E-state index is 14.9. The van der Waals surface area contributed by atoms with Crippen molar-refractivity contribution in [1.82, 2.24) is 9.97 Å². The summed E-state index contributed by atoms with van der Waals surface area (Å²) >= 11 is 0. The first kappa shape index (κ1) is 26.1. The van der Waals surface area contributed by atoms with Crippen molar-refractivity contribution in [2.24, 2.45) is 0 Å². The van der Waals surface area contributed by atoms with E-state index in [-0.39, 0.29) is 11.6 Å². The van der Waals surface area contributed by atoms with Crippen molar-refractivity contribution in [2.75, 3.05) is 18.5 Å². The third-order valence-corrected chi connectivity index (χ3v) is 6.28. The number of hydrogen-bond donors (Lipinski definition) is 1. The first-order valence-electron chi connectivity index (χ1n) is 12.0. The van der Waals surface area contributed by atoms with Gasteiger partial charge in [0.2, 0.25) is 0 Å². The van der Waals surface area contributed by atoms with Crippen molar-refractivity contribution in [1.29, 1.82) is 0 Å². The molecule has 0 bridgehead atoms. The normalized spacial score (nSPS) is 10.7. The van der Waals surface area contributed by atoms with Crippen molar-refractivity contribution >= 4 is 5.82 Å². The lowest BCUT2D eigenvalue weighted by molar-refractivity contribution is 0.341. The van der Waals surface area contributed by atoms with Crippen LogP contribution in [0.4, 0.5) is 10.2 Å². The van der Waals surface area contributed by atoms with E-state index in [1.54, 1.807) is 18.3 Å². The van der Waals surface area contributed by atoms with Gasteiger partial charge in [-0.1, -0.05) is 23.3 Å². The third-order valence-electron chi connectivity index (χ3n) is 6.28. The van der Waals surface area contributed by atoms with Gasteiger partial charge in [0, 0.05) is 12.1 Å². The van der Waals surface area contributed by atoms with Crippen LogP contribution in [0, 0.1) is 33.5 Å². The number of allylic oxidation sites excluding steroid dienone is 2. The molecule has 0 aliphatic rings. The number of rotatable bonds is 8. The number of anilines is 1. The van der Waals surface area contributed by atoms with Crippen molar-refractivity contribution in [2.45, 2.75) is 55.4 Å². The molecular formula is C30H36FN3O. The number of benzene rings is 2. The molecule has 4 nitrogen and oxygen atoms in total. The Morgan fingerprint density at radius 1 is 0.857 bits per heavy atom. The Balaban J connectivity index is 1.94. The van der Waals surface area contributed by atoms with Crippen LogP contribution in [0.5, 0.6) is 5.75 Å². The molecule has 3 aromatic rings. The van der Waals surface area contributed by atoms with Crippen LogP contribution in [-0.2, 0) is 0 Å². The number of halogens is 1. The molecule has 0 aliphatic heterocycles. The van der Waals surface area contributed by atoms with E-state index in [1.807, 2.05) is 32.2 Å². The number of hydrogen-bond acceptors (Lipinski definition) is 4. The average molecular weight is 474 g/mol. The van der Waals surface area contributed by atoms with Gasteiger partial charge < -0.3 is 10.1 Å². The largest absolute Gasteiger partial charge is 0.486 e. The second-order valence-electron chi connectivity index (χ2n) is 9.44. The topological polar surface area (TPSA) is 47.0 Å². The van der Waals surface area contributed by atoms with Gasteiger partial charge in [-0.25, -0.2) is 9.37 Å². The van der Waals surface area contributed by atoms with Crippen LogP contribution in [0.1, 0.15) is 49.9 Å². The molecule has 0 saturated heterocycles. The predicted molar refractivity (Wildman–Crippen MR) is 145 cm³/mol. The highest BCUT2D eigenvalue weighted by atomic mass is 19.1. The van der Waals surface area contributed by atoms with Gasteiger partial charge in [-0.2, -0.15) is 0 Å². The molecule has 0 radical (unpaired) electrons. The molecule has 0 saturated carbocycles. The van der Waals surface area contributed by atoms with Crippen LogP contribution >= 0.6 is 0 Å². The molecule has 1 aromatic heterocycles. The van der Waals surface area contributed by atoms with Gasteiger partial charge >= 0.3 is 0 Å². The van der Waals surface area contributed by atoms with Gasteiger partial charge in [0.15, 0.2) is 11.6 Å². The predicted octanol–water partition coefficient (Wildman–Crippen LogP) is 7.91. The summed E-state index contributed by atoms with van der Waals surface area (Å²) in [5.74, 6) is 0.652. The Morgan fingerprint density at radius 2 is 1.49 bits per heavy atom. The summed E-state index contributed by atoms with van der Waals surface area (Å²) in [5, 5.41) is 3.27. The fourth-order valence-corrected chi connectivity index (χ4v) is 4.11. The van der Waals surface area contributed by atoms with Crippen LogP contribution in [0.15, 0.2) is 53.9 Å². The molecule has 0 aliphatic carbocycles. The molecule has 0 spiro atoms. The van der Waals surface area contributed by atoms with E-state index in [0.717, 1.165) is 62.6 Å². The summed E-state index contributed by atoms with van der Waals surface area (Å²) in [6, 6.07) is 5.22. The van der Waals surface area contributed by atoms with Crippen LogP contribution in [0.25, 0.3) is 22.4 Å². The SMILES string of the molecule is CC(C)=CCNc1cnc(-c2c(C)c(C)c(-c3ccc(OCC=C(C)C)c(F)c3)c(C)c2C)cn1. The number of aromatic nitrogens is 2. The van der Waals surface area contributed by atoms with Gasteiger partial charge in [0.1, 0.15) is 12.4 Å². The van der Waals surface area contributed by atoms with E-state index < -0.39 is 0 Å². The number of nitrogens with zero attached hydrogens (tertiary/aromatic N) is 2. The molecular weight excluding hydrogens is 437 g/mol. The number of ether oxygens (including phenoxy) is 1. The molecule has 0 fully saturated rings. The summed E-state index contributed by atoms with van der Waals surface area (Å²) in [7, 11) is 0. The zero-order valence-electron chi connectivity index (χ0n) is 22.1. The molecule has 1 heterocycles. The van der Waals surface area contributed by atoms with Gasteiger partial charge in [0.25, 0.3) is 0 Å². The molecule has 1 N–H and O–H groups in total. The molecule has 184 valence electrons. The van der Waals surface area contributed by atoms with Crippen LogP contribution in [0.2, 0.25) is 0 Å². The monoisotopic (exact) mass is 473 g/mol. The summed E-state index contributed by atoms with van der Waals surface area (Å²) in [4.78, 5) is 9.25. The first-order chi connectivity index (χ1) is 16.6. The highest BCUT2D eigenvalue weighted by Crippen LogP contribution is 2.39. The first-order valence-corrected chi connectivity index (χ1v) is 12.0. The smallest absolute Gasteiger partial charge is 0.165 e. The maximum atomic E-state index is 14.9. The lowest BCUT2D eigenvalue weighted by Gasteiger charge is -2.21. The summed E-state index contributed by atoms with van der Waals surface area (Å²) in [5.41, 5.74) is 10.6. The Kier molecular flexibility index (Phi) is 8.44. The van der Waals surface area contributed by atoms with E-state index in [9.17, 15) is 4.39 Å². The number of nitrogens with one attached hydrogen (secondary N) is 1. The Hall–Kier alpha value is -3.47. The third kappa shape index (κ3) is 6.16. The van der Waals surface area contributed by atoms with Gasteiger partial charge in [-0.3, -0.25) is 4.98 Å². The standard InChI is InChI=1S/C30H36FN3O/c1-18(2)11-13-32-28-17-33-26(16-34-28)30-22(7)20(5)29(21(6)23(30)8)24-9-10-27(25(31)15-24)35-14-12-19(3)4/h9-12,15-17H,13-14H2,1-8H3,(H,32,34). The molecule has 2 aromatic carbocycles. The molecule has 5 heteroatoms. The molecule has 0 atom stereocenters. The second-order valence-corrected chi connectivity index (χ2v) is 9.44.